The molecular formula is C21H20N2O5. The van der Waals surface area contributed by atoms with Crippen LogP contribution >= 0.6 is 0 Å². The van der Waals surface area contributed by atoms with Crippen molar-refractivity contribution in [2.75, 3.05) is 13.4 Å². The van der Waals surface area contributed by atoms with Gasteiger partial charge >= 0.3 is 5.63 Å². The van der Waals surface area contributed by atoms with Crippen LogP contribution in [0.5, 0.6) is 11.5 Å². The highest BCUT2D eigenvalue weighted by Crippen LogP contribution is 2.35. The highest BCUT2D eigenvalue weighted by molar-refractivity contribution is 5.84. The summed E-state index contributed by atoms with van der Waals surface area (Å²) in [7, 11) is 0. The van der Waals surface area contributed by atoms with Gasteiger partial charge < -0.3 is 23.6 Å². The smallest absolute Gasteiger partial charge is 0.343 e. The van der Waals surface area contributed by atoms with E-state index in [2.05, 4.69) is 4.99 Å². The lowest BCUT2D eigenvalue weighted by Gasteiger charge is -2.19. The first-order chi connectivity index (χ1) is 13.6. The maximum Gasteiger partial charge on any atom is 0.343 e. The van der Waals surface area contributed by atoms with E-state index in [0.29, 0.717) is 42.5 Å². The van der Waals surface area contributed by atoms with Gasteiger partial charge in [0.25, 0.3) is 0 Å². The molecule has 3 aromatic rings. The standard InChI is InChI=1S/C21H20N2O5/c1-3-16-19(24)13(2)21(25)28-20(16)18-10-14-9-15(5-6-17(14)27-18)26-12-23-8-4-7-22-11-23/h4-10,24H,3,11-12H2,1-2H3. The van der Waals surface area contributed by atoms with Crippen LogP contribution in [0, 0.1) is 6.92 Å². The largest absolute Gasteiger partial charge is 0.507 e. The number of benzene rings is 1. The van der Waals surface area contributed by atoms with Crippen LogP contribution in [0.15, 0.2) is 55.2 Å². The van der Waals surface area contributed by atoms with Gasteiger partial charge in [0.15, 0.2) is 18.3 Å². The van der Waals surface area contributed by atoms with E-state index in [9.17, 15) is 9.90 Å². The third-order valence-electron chi connectivity index (χ3n) is 4.63. The quantitative estimate of drug-likeness (QED) is 0.724. The van der Waals surface area contributed by atoms with Crippen LogP contribution in [-0.2, 0) is 6.42 Å². The highest BCUT2D eigenvalue weighted by Gasteiger charge is 2.20. The molecule has 0 unspecified atom stereocenters. The zero-order valence-electron chi connectivity index (χ0n) is 15.6. The third kappa shape index (κ3) is 3.26. The summed E-state index contributed by atoms with van der Waals surface area (Å²) in [5.41, 5.74) is 0.801. The fraction of sp³-hybridized carbons (Fsp3) is 0.238. The predicted molar refractivity (Wildman–Crippen MR) is 106 cm³/mol. The number of aromatic hydroxyl groups is 1. The Morgan fingerprint density at radius 3 is 2.89 bits per heavy atom. The molecule has 1 N–H and O–H groups in total. The van der Waals surface area contributed by atoms with Crippen LogP contribution in [0.2, 0.25) is 0 Å². The first kappa shape index (κ1) is 17.9. The zero-order valence-corrected chi connectivity index (χ0v) is 15.6. The lowest BCUT2D eigenvalue weighted by Crippen LogP contribution is -2.24. The van der Waals surface area contributed by atoms with Gasteiger partial charge in [0.2, 0.25) is 0 Å². The summed E-state index contributed by atoms with van der Waals surface area (Å²) in [6.45, 7) is 4.36. The maximum absolute atomic E-state index is 12.0. The Kier molecular flexibility index (Phi) is 4.65. The number of hydrogen-bond donors (Lipinski definition) is 1. The maximum atomic E-state index is 12.0. The van der Waals surface area contributed by atoms with Gasteiger partial charge in [-0.05, 0) is 43.7 Å². The first-order valence-corrected chi connectivity index (χ1v) is 8.99. The molecule has 2 aromatic heterocycles. The van der Waals surface area contributed by atoms with Crippen LogP contribution in [-0.4, -0.2) is 29.6 Å². The Balaban J connectivity index is 1.64. The van der Waals surface area contributed by atoms with Crippen LogP contribution < -0.4 is 10.4 Å². The van der Waals surface area contributed by atoms with E-state index in [1.54, 1.807) is 18.3 Å². The number of ether oxygens (including phenoxy) is 1. The summed E-state index contributed by atoms with van der Waals surface area (Å²) in [6, 6.07) is 7.25. The average molecular weight is 380 g/mol. The Morgan fingerprint density at radius 1 is 1.29 bits per heavy atom. The molecule has 4 rings (SSSR count). The van der Waals surface area contributed by atoms with Crippen molar-refractivity contribution in [3.8, 4) is 23.0 Å². The van der Waals surface area contributed by atoms with Crippen molar-refractivity contribution in [1.82, 2.24) is 4.90 Å². The minimum atomic E-state index is -0.577. The summed E-state index contributed by atoms with van der Waals surface area (Å²) in [5.74, 6) is 1.29. The molecule has 1 aromatic carbocycles. The molecule has 0 saturated heterocycles. The Bertz CT molecular complexity index is 1140. The number of aliphatic imine (C=N–C) groups is 1. The molecule has 1 aliphatic rings. The second-order valence-corrected chi connectivity index (χ2v) is 6.51. The monoisotopic (exact) mass is 380 g/mol. The van der Waals surface area contributed by atoms with E-state index < -0.39 is 5.63 Å². The predicted octanol–water partition coefficient (Wildman–Crippen LogP) is 3.82. The summed E-state index contributed by atoms with van der Waals surface area (Å²) >= 11 is 0. The van der Waals surface area contributed by atoms with Crippen molar-refractivity contribution in [3.05, 3.63) is 58.1 Å². The van der Waals surface area contributed by atoms with Crippen molar-refractivity contribution in [3.63, 3.8) is 0 Å². The molecule has 0 amide bonds. The average Bonchev–Trinajstić information content (AvgIpc) is 3.14. The van der Waals surface area contributed by atoms with E-state index in [1.807, 2.05) is 36.2 Å². The number of nitrogens with zero attached hydrogens (tertiary/aromatic N) is 2. The van der Waals surface area contributed by atoms with Crippen LogP contribution in [0.1, 0.15) is 18.1 Å². The number of rotatable bonds is 5. The minimum absolute atomic E-state index is 0.0459. The summed E-state index contributed by atoms with van der Waals surface area (Å²) in [5, 5.41) is 11.1. The summed E-state index contributed by atoms with van der Waals surface area (Å²) < 4.78 is 17.1. The molecule has 0 aliphatic carbocycles. The van der Waals surface area contributed by atoms with Crippen molar-refractivity contribution < 1.29 is 18.7 Å². The van der Waals surface area contributed by atoms with Gasteiger partial charge in [-0.25, -0.2) is 4.79 Å². The van der Waals surface area contributed by atoms with Gasteiger partial charge in [-0.1, -0.05) is 6.92 Å². The van der Waals surface area contributed by atoms with Crippen LogP contribution in [0.3, 0.4) is 0 Å². The van der Waals surface area contributed by atoms with Gasteiger partial charge in [0, 0.05) is 23.4 Å². The lowest BCUT2D eigenvalue weighted by molar-refractivity contribution is 0.175. The first-order valence-electron chi connectivity index (χ1n) is 8.99. The van der Waals surface area contributed by atoms with Crippen molar-refractivity contribution >= 4 is 17.2 Å². The van der Waals surface area contributed by atoms with E-state index in [0.717, 1.165) is 5.39 Å². The Morgan fingerprint density at radius 2 is 2.14 bits per heavy atom. The topological polar surface area (TPSA) is 88.4 Å². The number of allylic oxidation sites excluding steroid dienone is 1. The molecule has 28 heavy (non-hydrogen) atoms. The van der Waals surface area contributed by atoms with Crippen molar-refractivity contribution in [2.45, 2.75) is 20.3 Å². The Labute approximate surface area is 161 Å². The fourth-order valence-corrected chi connectivity index (χ4v) is 3.07. The van der Waals surface area contributed by atoms with Crippen molar-refractivity contribution in [2.24, 2.45) is 4.99 Å². The molecule has 0 radical (unpaired) electrons. The van der Waals surface area contributed by atoms with Gasteiger partial charge in [-0.3, -0.25) is 4.99 Å². The number of furan rings is 1. The molecule has 144 valence electrons. The second-order valence-electron chi connectivity index (χ2n) is 6.51. The zero-order chi connectivity index (χ0) is 19.7. The van der Waals surface area contributed by atoms with E-state index in [-0.39, 0.29) is 17.1 Å². The molecule has 3 heterocycles. The van der Waals surface area contributed by atoms with E-state index >= 15 is 0 Å². The van der Waals surface area contributed by atoms with Gasteiger partial charge in [-0.2, -0.15) is 0 Å². The van der Waals surface area contributed by atoms with Gasteiger partial charge in [0.05, 0.1) is 5.56 Å². The number of fused-ring (bicyclic) bond motifs is 1. The Hall–Kier alpha value is -3.48. The fourth-order valence-electron chi connectivity index (χ4n) is 3.07. The molecule has 0 atom stereocenters. The van der Waals surface area contributed by atoms with Crippen molar-refractivity contribution in [1.29, 1.82) is 0 Å². The van der Waals surface area contributed by atoms with Gasteiger partial charge in [0.1, 0.15) is 23.8 Å². The van der Waals surface area contributed by atoms with Crippen LogP contribution in [0.4, 0.5) is 0 Å². The minimum Gasteiger partial charge on any atom is -0.507 e. The normalized spacial score (nSPS) is 13.4. The summed E-state index contributed by atoms with van der Waals surface area (Å²) in [4.78, 5) is 18.1. The highest BCUT2D eigenvalue weighted by atomic mass is 16.5. The van der Waals surface area contributed by atoms with E-state index in [4.69, 9.17) is 13.6 Å². The molecule has 0 bridgehead atoms. The third-order valence-corrected chi connectivity index (χ3v) is 4.63. The summed E-state index contributed by atoms with van der Waals surface area (Å²) in [6.07, 6.45) is 6.03. The molecule has 0 fully saturated rings. The molecule has 7 nitrogen and oxygen atoms in total. The molecular weight excluding hydrogens is 360 g/mol. The second kappa shape index (κ2) is 7.26. The van der Waals surface area contributed by atoms with E-state index in [1.165, 1.54) is 6.92 Å². The molecule has 7 heteroatoms. The SMILES string of the molecule is CCc1c(-c2cc3cc(OCN4C=CC=NC4)ccc3o2)oc(=O)c(C)c1O. The molecule has 0 spiro atoms. The van der Waals surface area contributed by atoms with Crippen LogP contribution in [0.25, 0.3) is 22.5 Å². The lowest BCUT2D eigenvalue weighted by atomic mass is 10.1. The van der Waals surface area contributed by atoms with Gasteiger partial charge in [-0.15, -0.1) is 0 Å². The molecule has 1 aliphatic heterocycles. The molecule has 0 saturated carbocycles. The number of hydrogen-bond acceptors (Lipinski definition) is 7.